The Labute approximate surface area is 113 Å². The lowest BCUT2D eigenvalue weighted by Crippen LogP contribution is -2.40. The Morgan fingerprint density at radius 1 is 1.39 bits per heavy atom. The van der Waals surface area contributed by atoms with E-state index < -0.39 is 17.4 Å². The van der Waals surface area contributed by atoms with Gasteiger partial charge in [0.25, 0.3) is 11.8 Å². The van der Waals surface area contributed by atoms with E-state index in [1.165, 1.54) is 6.07 Å². The average Bonchev–Trinajstić information content (AvgIpc) is 2.69. The Balaban J connectivity index is 2.33. The molecule has 0 aliphatic heterocycles. The Morgan fingerprint density at radius 3 is 2.56 bits per heavy atom. The van der Waals surface area contributed by atoms with Crippen molar-refractivity contribution in [3.63, 3.8) is 0 Å². The number of amides is 2. The summed E-state index contributed by atoms with van der Waals surface area (Å²) < 4.78 is 5.49. The van der Waals surface area contributed by atoms with Gasteiger partial charge in [-0.3, -0.25) is 14.4 Å². The lowest BCUT2D eigenvalue weighted by Gasteiger charge is -2.18. The zero-order chi connectivity index (χ0) is 13.8. The highest BCUT2D eigenvalue weighted by Crippen LogP contribution is 2.13. The molecule has 6 nitrogen and oxygen atoms in total. The van der Waals surface area contributed by atoms with Gasteiger partial charge in [0.15, 0.2) is 10.4 Å². The second-order valence-electron chi connectivity index (χ2n) is 4.53. The summed E-state index contributed by atoms with van der Waals surface area (Å²) in [5.41, 5.74) is 1.76. The molecule has 2 amide bonds. The summed E-state index contributed by atoms with van der Waals surface area (Å²) in [7, 11) is 0. The van der Waals surface area contributed by atoms with E-state index >= 15 is 0 Å². The molecule has 0 bridgehead atoms. The van der Waals surface area contributed by atoms with Crippen LogP contribution in [0.1, 0.15) is 31.3 Å². The first-order chi connectivity index (χ1) is 8.28. The number of rotatable bonds is 4. The van der Waals surface area contributed by atoms with Gasteiger partial charge in [-0.2, -0.15) is 0 Å². The molecule has 7 heteroatoms. The number of carbonyl (C=O) groups is 2. The molecular formula is C11H15BrN2O4. The van der Waals surface area contributed by atoms with Crippen molar-refractivity contribution < 1.29 is 18.8 Å². The van der Waals surface area contributed by atoms with E-state index in [-0.39, 0.29) is 12.3 Å². The number of halogens is 1. The maximum Gasteiger partial charge on any atom is 0.287 e. The minimum absolute atomic E-state index is 0.131. The van der Waals surface area contributed by atoms with Crippen LogP contribution in [0.25, 0.3) is 0 Å². The van der Waals surface area contributed by atoms with Crippen LogP contribution < -0.4 is 10.8 Å². The summed E-state index contributed by atoms with van der Waals surface area (Å²) in [6.07, 6.45) is 0. The molecule has 0 aromatic carbocycles. The van der Waals surface area contributed by atoms with Crippen LogP contribution in [0.5, 0.6) is 0 Å². The molecule has 0 fully saturated rings. The van der Waals surface area contributed by atoms with Crippen molar-refractivity contribution in [3.05, 3.63) is 22.6 Å². The first kappa shape index (κ1) is 14.7. The van der Waals surface area contributed by atoms with Crippen LogP contribution in [0.3, 0.4) is 0 Å². The second kappa shape index (κ2) is 6.01. The summed E-state index contributed by atoms with van der Waals surface area (Å²) in [4.78, 5) is 27.9. The maximum atomic E-state index is 11.5. The van der Waals surface area contributed by atoms with Gasteiger partial charge in [-0.25, -0.2) is 5.48 Å². The molecule has 0 aliphatic rings. The fraction of sp³-hybridized carbons (Fsp3) is 0.455. The first-order valence-electron chi connectivity index (χ1n) is 5.28. The fourth-order valence-electron chi connectivity index (χ4n) is 0.930. The molecule has 0 aliphatic carbocycles. The SMILES string of the molecule is CC(C)(C)ONC(=O)CNC(=O)c1ccc(Br)o1. The van der Waals surface area contributed by atoms with E-state index in [1.807, 2.05) is 0 Å². The van der Waals surface area contributed by atoms with E-state index in [0.717, 1.165) is 0 Å². The van der Waals surface area contributed by atoms with Crippen molar-refractivity contribution in [2.45, 2.75) is 26.4 Å². The third-order valence-corrected chi connectivity index (χ3v) is 2.10. The van der Waals surface area contributed by atoms with E-state index in [4.69, 9.17) is 9.25 Å². The van der Waals surface area contributed by atoms with E-state index in [0.29, 0.717) is 4.67 Å². The molecular weight excluding hydrogens is 304 g/mol. The van der Waals surface area contributed by atoms with Gasteiger partial charge >= 0.3 is 0 Å². The van der Waals surface area contributed by atoms with Crippen molar-refractivity contribution in [1.82, 2.24) is 10.8 Å². The van der Waals surface area contributed by atoms with Crippen LogP contribution in [0, 0.1) is 0 Å². The van der Waals surface area contributed by atoms with E-state index in [2.05, 4.69) is 26.7 Å². The van der Waals surface area contributed by atoms with Crippen LogP contribution >= 0.6 is 15.9 Å². The minimum atomic E-state index is -0.481. The van der Waals surface area contributed by atoms with Crippen molar-refractivity contribution >= 4 is 27.7 Å². The van der Waals surface area contributed by atoms with Gasteiger partial charge in [0.2, 0.25) is 0 Å². The number of furan rings is 1. The monoisotopic (exact) mass is 318 g/mol. The number of nitrogens with one attached hydrogen (secondary N) is 2. The first-order valence-corrected chi connectivity index (χ1v) is 6.07. The summed E-state index contributed by atoms with van der Waals surface area (Å²) in [6, 6.07) is 3.10. The molecule has 0 radical (unpaired) electrons. The molecule has 0 unspecified atom stereocenters. The van der Waals surface area contributed by atoms with Crippen LogP contribution in [0.4, 0.5) is 0 Å². The Morgan fingerprint density at radius 2 is 2.06 bits per heavy atom. The zero-order valence-corrected chi connectivity index (χ0v) is 12.0. The van der Waals surface area contributed by atoms with Crippen molar-refractivity contribution in [2.24, 2.45) is 0 Å². The molecule has 1 heterocycles. The van der Waals surface area contributed by atoms with Gasteiger partial charge < -0.3 is 9.73 Å². The standard InChI is InChI=1S/C11H15BrN2O4/c1-11(2,3)18-14-9(15)6-13-10(16)7-4-5-8(12)17-7/h4-5H,6H2,1-3H3,(H,13,16)(H,14,15). The molecule has 18 heavy (non-hydrogen) atoms. The second-order valence-corrected chi connectivity index (χ2v) is 5.31. The Kier molecular flexibility index (Phi) is 4.92. The quantitative estimate of drug-likeness (QED) is 0.827. The molecule has 1 aromatic rings. The molecule has 0 spiro atoms. The van der Waals surface area contributed by atoms with Gasteiger partial charge in [0.05, 0.1) is 12.1 Å². The highest BCUT2D eigenvalue weighted by Gasteiger charge is 2.14. The maximum absolute atomic E-state index is 11.5. The average molecular weight is 319 g/mol. The fourth-order valence-corrected chi connectivity index (χ4v) is 1.24. The number of carbonyl (C=O) groups excluding carboxylic acids is 2. The third-order valence-electron chi connectivity index (χ3n) is 1.68. The van der Waals surface area contributed by atoms with Crippen molar-refractivity contribution in [2.75, 3.05) is 6.54 Å². The number of hydrogen-bond acceptors (Lipinski definition) is 4. The molecule has 2 N–H and O–H groups in total. The molecule has 0 saturated heterocycles. The minimum Gasteiger partial charge on any atom is -0.444 e. The largest absolute Gasteiger partial charge is 0.444 e. The predicted octanol–water partition coefficient (Wildman–Crippen LogP) is 1.62. The van der Waals surface area contributed by atoms with Crippen molar-refractivity contribution in [3.8, 4) is 0 Å². The molecule has 1 rings (SSSR count). The number of hydroxylamine groups is 1. The molecule has 100 valence electrons. The van der Waals surface area contributed by atoms with Crippen LogP contribution in [-0.2, 0) is 9.63 Å². The van der Waals surface area contributed by atoms with Gasteiger partial charge in [-0.05, 0) is 48.8 Å². The molecule has 0 atom stereocenters. The van der Waals surface area contributed by atoms with Crippen LogP contribution in [-0.4, -0.2) is 24.0 Å². The van der Waals surface area contributed by atoms with E-state index in [1.54, 1.807) is 26.8 Å². The molecule has 0 saturated carbocycles. The summed E-state index contributed by atoms with van der Waals surface area (Å²) in [6.45, 7) is 5.21. The number of hydrogen-bond donors (Lipinski definition) is 2. The Bertz CT molecular complexity index is 436. The lowest BCUT2D eigenvalue weighted by atomic mass is 10.2. The topological polar surface area (TPSA) is 80.6 Å². The van der Waals surface area contributed by atoms with Crippen molar-refractivity contribution in [1.29, 1.82) is 0 Å². The predicted molar refractivity (Wildman–Crippen MR) is 67.7 cm³/mol. The highest BCUT2D eigenvalue weighted by molar-refractivity contribution is 9.10. The zero-order valence-electron chi connectivity index (χ0n) is 10.4. The lowest BCUT2D eigenvalue weighted by molar-refractivity contribution is -0.144. The van der Waals surface area contributed by atoms with Crippen LogP contribution in [0.15, 0.2) is 21.2 Å². The third kappa shape index (κ3) is 5.33. The van der Waals surface area contributed by atoms with E-state index in [9.17, 15) is 9.59 Å². The van der Waals surface area contributed by atoms with Crippen LogP contribution in [0.2, 0.25) is 0 Å². The van der Waals surface area contributed by atoms with Gasteiger partial charge in [0.1, 0.15) is 0 Å². The normalized spacial score (nSPS) is 11.1. The van der Waals surface area contributed by atoms with Gasteiger partial charge in [-0.1, -0.05) is 0 Å². The van der Waals surface area contributed by atoms with Gasteiger partial charge in [0, 0.05) is 0 Å². The molecule has 1 aromatic heterocycles. The Hall–Kier alpha value is -1.34. The summed E-state index contributed by atoms with van der Waals surface area (Å²) in [5, 5.41) is 2.40. The highest BCUT2D eigenvalue weighted by atomic mass is 79.9. The van der Waals surface area contributed by atoms with Gasteiger partial charge in [-0.15, -0.1) is 0 Å². The summed E-state index contributed by atoms with van der Waals surface area (Å²) >= 11 is 3.08. The summed E-state index contributed by atoms with van der Waals surface area (Å²) in [5.74, 6) is -0.776. The smallest absolute Gasteiger partial charge is 0.287 e.